The standard InChI is InChI=1S/C21H24ClFN4O/c1-3-27(4-2)11-5-10-24-21(28)15-8-6-14(7-9-15)20-25-18-12-16(22)17(23)13-19(18)26-20/h6-9,12-13H,3-5,10-11H2,1-2H3,(H,24,28)(H,25,26). The van der Waals surface area contributed by atoms with Crippen molar-refractivity contribution in [2.24, 2.45) is 0 Å². The SMILES string of the molecule is CCN(CC)CCCNC(=O)c1ccc(-c2nc3cc(Cl)c(F)cc3[nH]2)cc1. The van der Waals surface area contributed by atoms with E-state index in [1.807, 2.05) is 12.1 Å². The van der Waals surface area contributed by atoms with Crippen molar-refractivity contribution in [3.8, 4) is 11.4 Å². The van der Waals surface area contributed by atoms with Crippen molar-refractivity contribution in [2.45, 2.75) is 20.3 Å². The molecule has 0 bridgehead atoms. The highest BCUT2D eigenvalue weighted by molar-refractivity contribution is 6.31. The lowest BCUT2D eigenvalue weighted by atomic mass is 10.1. The molecule has 0 spiro atoms. The first-order valence-corrected chi connectivity index (χ1v) is 9.85. The normalized spacial score (nSPS) is 11.3. The smallest absolute Gasteiger partial charge is 0.251 e. The molecule has 2 N–H and O–H groups in total. The molecule has 2 aromatic carbocycles. The summed E-state index contributed by atoms with van der Waals surface area (Å²) in [5.74, 6) is 0.0183. The predicted molar refractivity (Wildman–Crippen MR) is 111 cm³/mol. The molecule has 7 heteroatoms. The molecule has 0 unspecified atom stereocenters. The molecule has 1 aromatic heterocycles. The second-order valence-electron chi connectivity index (χ2n) is 6.58. The lowest BCUT2D eigenvalue weighted by Crippen LogP contribution is -2.29. The van der Waals surface area contributed by atoms with E-state index in [-0.39, 0.29) is 10.9 Å². The third-order valence-electron chi connectivity index (χ3n) is 4.78. The van der Waals surface area contributed by atoms with Gasteiger partial charge in [-0.2, -0.15) is 0 Å². The predicted octanol–water partition coefficient (Wildman–Crippen LogP) is 4.48. The third kappa shape index (κ3) is 4.69. The maximum Gasteiger partial charge on any atom is 0.251 e. The quantitative estimate of drug-likeness (QED) is 0.546. The molecule has 3 aromatic rings. The van der Waals surface area contributed by atoms with Crippen molar-refractivity contribution in [3.63, 3.8) is 0 Å². The van der Waals surface area contributed by atoms with Gasteiger partial charge >= 0.3 is 0 Å². The Bertz CT molecular complexity index is 912. The largest absolute Gasteiger partial charge is 0.352 e. The van der Waals surface area contributed by atoms with E-state index in [1.165, 1.54) is 12.1 Å². The van der Waals surface area contributed by atoms with Crippen molar-refractivity contribution < 1.29 is 9.18 Å². The minimum absolute atomic E-state index is 0.0403. The highest BCUT2D eigenvalue weighted by atomic mass is 35.5. The van der Waals surface area contributed by atoms with Gasteiger partial charge in [0.2, 0.25) is 0 Å². The maximum absolute atomic E-state index is 13.6. The number of fused-ring (bicyclic) bond motifs is 1. The second kappa shape index (κ2) is 9.17. The van der Waals surface area contributed by atoms with Crippen LogP contribution in [0.2, 0.25) is 5.02 Å². The van der Waals surface area contributed by atoms with Gasteiger partial charge in [-0.3, -0.25) is 4.79 Å². The fourth-order valence-corrected chi connectivity index (χ4v) is 3.23. The van der Waals surface area contributed by atoms with Crippen LogP contribution in [0.4, 0.5) is 4.39 Å². The summed E-state index contributed by atoms with van der Waals surface area (Å²) in [5, 5.41) is 2.99. The molecule has 0 atom stereocenters. The summed E-state index contributed by atoms with van der Waals surface area (Å²) in [4.78, 5) is 22.1. The Morgan fingerprint density at radius 3 is 2.61 bits per heavy atom. The number of carbonyl (C=O) groups is 1. The van der Waals surface area contributed by atoms with E-state index in [9.17, 15) is 9.18 Å². The summed E-state index contributed by atoms with van der Waals surface area (Å²) < 4.78 is 13.6. The number of imidazole rings is 1. The summed E-state index contributed by atoms with van der Waals surface area (Å²) in [6, 6.07) is 9.98. The molecule has 5 nitrogen and oxygen atoms in total. The number of benzene rings is 2. The zero-order valence-corrected chi connectivity index (χ0v) is 16.8. The fraction of sp³-hybridized carbons (Fsp3) is 0.333. The van der Waals surface area contributed by atoms with Crippen LogP contribution in [0.1, 0.15) is 30.6 Å². The van der Waals surface area contributed by atoms with Crippen LogP contribution in [0.15, 0.2) is 36.4 Å². The first-order chi connectivity index (χ1) is 13.5. The zero-order chi connectivity index (χ0) is 20.1. The number of rotatable bonds is 8. The van der Waals surface area contributed by atoms with E-state index in [2.05, 4.69) is 34.0 Å². The highest BCUT2D eigenvalue weighted by Gasteiger charge is 2.10. The number of halogens is 2. The first-order valence-electron chi connectivity index (χ1n) is 9.47. The summed E-state index contributed by atoms with van der Waals surface area (Å²) in [6.45, 7) is 7.93. The van der Waals surface area contributed by atoms with Gasteiger partial charge < -0.3 is 15.2 Å². The van der Waals surface area contributed by atoms with Gasteiger partial charge in [-0.15, -0.1) is 0 Å². The van der Waals surface area contributed by atoms with E-state index in [0.717, 1.165) is 31.6 Å². The minimum Gasteiger partial charge on any atom is -0.352 e. The number of hydrogen-bond donors (Lipinski definition) is 2. The third-order valence-corrected chi connectivity index (χ3v) is 5.07. The lowest BCUT2D eigenvalue weighted by Gasteiger charge is -2.17. The summed E-state index contributed by atoms with van der Waals surface area (Å²) in [5.41, 5.74) is 2.57. The molecule has 0 saturated heterocycles. The molecule has 28 heavy (non-hydrogen) atoms. The Morgan fingerprint density at radius 2 is 1.93 bits per heavy atom. The number of aromatic nitrogens is 2. The van der Waals surface area contributed by atoms with E-state index in [0.29, 0.717) is 29.0 Å². The van der Waals surface area contributed by atoms with Crippen LogP contribution in [0.5, 0.6) is 0 Å². The number of amides is 1. The number of nitrogens with one attached hydrogen (secondary N) is 2. The van der Waals surface area contributed by atoms with E-state index in [1.54, 1.807) is 12.1 Å². The van der Waals surface area contributed by atoms with Crippen LogP contribution >= 0.6 is 11.6 Å². The molecule has 0 aliphatic carbocycles. The van der Waals surface area contributed by atoms with Gasteiger partial charge in [0, 0.05) is 23.7 Å². The van der Waals surface area contributed by atoms with Crippen LogP contribution in [0.25, 0.3) is 22.4 Å². The van der Waals surface area contributed by atoms with E-state index < -0.39 is 5.82 Å². The molecule has 148 valence electrons. The molecule has 3 rings (SSSR count). The molecule has 0 saturated carbocycles. The molecular formula is C21H24ClFN4O. The number of aromatic amines is 1. The van der Waals surface area contributed by atoms with Crippen molar-refractivity contribution in [1.82, 2.24) is 20.2 Å². The highest BCUT2D eigenvalue weighted by Crippen LogP contribution is 2.25. The van der Waals surface area contributed by atoms with Crippen molar-refractivity contribution in [1.29, 1.82) is 0 Å². The fourth-order valence-electron chi connectivity index (χ4n) is 3.07. The zero-order valence-electron chi connectivity index (χ0n) is 16.1. The van der Waals surface area contributed by atoms with Gasteiger partial charge in [0.05, 0.1) is 16.1 Å². The number of H-pyrrole nitrogens is 1. The molecule has 1 amide bonds. The molecular weight excluding hydrogens is 379 g/mol. The molecule has 0 radical (unpaired) electrons. The monoisotopic (exact) mass is 402 g/mol. The van der Waals surface area contributed by atoms with Crippen molar-refractivity contribution in [3.05, 3.63) is 52.8 Å². The summed E-state index contributed by atoms with van der Waals surface area (Å²) >= 11 is 5.81. The average Bonchev–Trinajstić information content (AvgIpc) is 3.11. The Balaban J connectivity index is 1.62. The lowest BCUT2D eigenvalue weighted by molar-refractivity contribution is 0.0952. The Kier molecular flexibility index (Phi) is 6.65. The van der Waals surface area contributed by atoms with Gasteiger partial charge in [0.25, 0.3) is 5.91 Å². The number of carbonyl (C=O) groups excluding carboxylic acids is 1. The Labute approximate surface area is 168 Å². The van der Waals surface area contributed by atoms with Gasteiger partial charge in [0.15, 0.2) is 0 Å². The van der Waals surface area contributed by atoms with Crippen LogP contribution in [0.3, 0.4) is 0 Å². The maximum atomic E-state index is 13.6. The molecule has 0 fully saturated rings. The Hall–Kier alpha value is -2.44. The van der Waals surface area contributed by atoms with Crippen LogP contribution in [-0.2, 0) is 0 Å². The average molecular weight is 403 g/mol. The van der Waals surface area contributed by atoms with E-state index in [4.69, 9.17) is 11.6 Å². The van der Waals surface area contributed by atoms with Crippen molar-refractivity contribution >= 4 is 28.5 Å². The first kappa shape index (κ1) is 20.3. The van der Waals surface area contributed by atoms with Crippen LogP contribution in [0, 0.1) is 5.82 Å². The molecule has 0 aliphatic rings. The number of hydrogen-bond acceptors (Lipinski definition) is 3. The second-order valence-corrected chi connectivity index (χ2v) is 6.99. The Morgan fingerprint density at radius 1 is 1.21 bits per heavy atom. The van der Waals surface area contributed by atoms with Crippen molar-refractivity contribution in [2.75, 3.05) is 26.2 Å². The van der Waals surface area contributed by atoms with Gasteiger partial charge in [-0.05, 0) is 44.3 Å². The van der Waals surface area contributed by atoms with Crippen LogP contribution < -0.4 is 5.32 Å². The molecule has 0 aliphatic heterocycles. The summed E-state index contributed by atoms with van der Waals surface area (Å²) in [7, 11) is 0. The molecule has 1 heterocycles. The van der Waals surface area contributed by atoms with Crippen LogP contribution in [-0.4, -0.2) is 47.0 Å². The van der Waals surface area contributed by atoms with Gasteiger partial charge in [-0.25, -0.2) is 9.37 Å². The minimum atomic E-state index is -0.489. The number of nitrogens with zero attached hydrogens (tertiary/aromatic N) is 2. The van der Waals surface area contributed by atoms with Gasteiger partial charge in [0.1, 0.15) is 11.6 Å². The topological polar surface area (TPSA) is 61.0 Å². The van der Waals surface area contributed by atoms with E-state index >= 15 is 0 Å². The summed E-state index contributed by atoms with van der Waals surface area (Å²) in [6.07, 6.45) is 0.920. The van der Waals surface area contributed by atoms with Gasteiger partial charge in [-0.1, -0.05) is 37.6 Å².